The highest BCUT2D eigenvalue weighted by Gasteiger charge is 2.51. The summed E-state index contributed by atoms with van der Waals surface area (Å²) >= 11 is 0. The molecule has 3 unspecified atom stereocenters. The summed E-state index contributed by atoms with van der Waals surface area (Å²) in [4.78, 5) is 0. The first-order valence-corrected chi connectivity index (χ1v) is 10.5. The second-order valence-corrected chi connectivity index (χ2v) is 9.66. The van der Waals surface area contributed by atoms with Crippen LogP contribution < -0.4 is 14.9 Å². The topological polar surface area (TPSA) is 51.8 Å². The molecule has 0 bridgehead atoms. The number of methoxy groups -OCH3 is 2. The number of hydrogen-bond donors (Lipinski definition) is 1. The summed E-state index contributed by atoms with van der Waals surface area (Å²) in [6.07, 6.45) is 6.03. The summed E-state index contributed by atoms with van der Waals surface area (Å²) in [5.41, 5.74) is 2.96. The molecule has 5 heteroatoms. The summed E-state index contributed by atoms with van der Waals surface area (Å²) in [5.74, 6) is 3.18. The Balaban J connectivity index is 2.07. The van der Waals surface area contributed by atoms with Gasteiger partial charge in [0, 0.05) is 22.3 Å². The SMILES string of the molecule is COc1cc2c3c(oc2c([B]O)c1OC)C(C)CCC1C(C)(C)CCCC31C. The maximum Gasteiger partial charge on any atom is 0.335 e. The fourth-order valence-corrected chi connectivity index (χ4v) is 6.33. The van der Waals surface area contributed by atoms with E-state index >= 15 is 0 Å². The molecule has 0 amide bonds. The van der Waals surface area contributed by atoms with E-state index in [9.17, 15) is 5.02 Å². The summed E-state index contributed by atoms with van der Waals surface area (Å²) in [5, 5.41) is 11.1. The monoisotopic (exact) mass is 383 g/mol. The van der Waals surface area contributed by atoms with E-state index in [1.54, 1.807) is 14.2 Å². The fraction of sp³-hybridized carbons (Fsp3) is 0.652. The number of furan rings is 1. The van der Waals surface area contributed by atoms with E-state index in [-0.39, 0.29) is 5.41 Å². The molecule has 0 saturated heterocycles. The Morgan fingerprint density at radius 3 is 2.54 bits per heavy atom. The Bertz CT molecular complexity index is 900. The van der Waals surface area contributed by atoms with Gasteiger partial charge in [-0.05, 0) is 48.5 Å². The number of benzene rings is 1. The molecule has 1 fully saturated rings. The molecule has 1 heterocycles. The zero-order valence-corrected chi connectivity index (χ0v) is 18.0. The van der Waals surface area contributed by atoms with Gasteiger partial charge < -0.3 is 18.9 Å². The third kappa shape index (κ3) is 2.62. The van der Waals surface area contributed by atoms with Crippen molar-refractivity contribution < 1.29 is 18.9 Å². The molecule has 1 radical (unpaired) electrons. The highest BCUT2D eigenvalue weighted by atomic mass is 16.5. The molecule has 4 nitrogen and oxygen atoms in total. The van der Waals surface area contributed by atoms with Gasteiger partial charge >= 0.3 is 7.48 Å². The van der Waals surface area contributed by atoms with Crippen LogP contribution >= 0.6 is 0 Å². The van der Waals surface area contributed by atoms with Crippen molar-refractivity contribution in [1.29, 1.82) is 0 Å². The van der Waals surface area contributed by atoms with Crippen LogP contribution in [0.3, 0.4) is 0 Å². The first-order valence-electron chi connectivity index (χ1n) is 10.5. The van der Waals surface area contributed by atoms with E-state index in [1.165, 1.54) is 31.2 Å². The molecule has 1 aromatic carbocycles. The molecule has 151 valence electrons. The highest BCUT2D eigenvalue weighted by molar-refractivity contribution is 6.51. The lowest BCUT2D eigenvalue weighted by molar-refractivity contribution is 0.0504. The van der Waals surface area contributed by atoms with Crippen LogP contribution in [0.15, 0.2) is 10.5 Å². The van der Waals surface area contributed by atoms with Gasteiger partial charge in [0.15, 0.2) is 11.5 Å². The molecule has 2 aromatic rings. The van der Waals surface area contributed by atoms with E-state index in [0.29, 0.717) is 39.8 Å². The predicted molar refractivity (Wildman–Crippen MR) is 113 cm³/mol. The van der Waals surface area contributed by atoms with Gasteiger partial charge in [-0.15, -0.1) is 0 Å². The van der Waals surface area contributed by atoms with Crippen LogP contribution in [0.4, 0.5) is 0 Å². The molecule has 0 aliphatic heterocycles. The van der Waals surface area contributed by atoms with Crippen molar-refractivity contribution in [3.05, 3.63) is 17.4 Å². The maximum absolute atomic E-state index is 10.0. The van der Waals surface area contributed by atoms with Gasteiger partial charge in [0.05, 0.1) is 14.2 Å². The zero-order chi connectivity index (χ0) is 20.3. The minimum absolute atomic E-state index is 0.0550. The fourth-order valence-electron chi connectivity index (χ4n) is 6.33. The van der Waals surface area contributed by atoms with Crippen molar-refractivity contribution in [2.45, 2.75) is 71.1 Å². The quantitative estimate of drug-likeness (QED) is 0.783. The summed E-state index contributed by atoms with van der Waals surface area (Å²) < 4.78 is 17.7. The molecule has 1 saturated carbocycles. The van der Waals surface area contributed by atoms with Gasteiger partial charge in [-0.25, -0.2) is 0 Å². The Kier molecular flexibility index (Phi) is 4.73. The van der Waals surface area contributed by atoms with E-state index in [0.717, 1.165) is 25.0 Å². The maximum atomic E-state index is 10.0. The van der Waals surface area contributed by atoms with Crippen molar-refractivity contribution in [1.82, 2.24) is 0 Å². The smallest absolute Gasteiger partial charge is 0.335 e. The van der Waals surface area contributed by atoms with Crippen LogP contribution in [-0.2, 0) is 5.41 Å². The average molecular weight is 383 g/mol. The lowest BCUT2D eigenvalue weighted by Gasteiger charge is -2.50. The average Bonchev–Trinajstić information content (AvgIpc) is 3.00. The van der Waals surface area contributed by atoms with Crippen molar-refractivity contribution in [3.63, 3.8) is 0 Å². The molecule has 28 heavy (non-hydrogen) atoms. The van der Waals surface area contributed by atoms with Crippen molar-refractivity contribution in [2.75, 3.05) is 14.2 Å². The third-order valence-electron chi connectivity index (χ3n) is 7.65. The van der Waals surface area contributed by atoms with Gasteiger partial charge in [0.25, 0.3) is 0 Å². The highest BCUT2D eigenvalue weighted by Crippen LogP contribution is 2.59. The Labute approximate surface area is 168 Å². The van der Waals surface area contributed by atoms with Crippen molar-refractivity contribution in [2.24, 2.45) is 11.3 Å². The molecular formula is C23H32BO4. The van der Waals surface area contributed by atoms with Gasteiger partial charge in [-0.2, -0.15) is 0 Å². The standard InChI is InChI=1S/C23H32BO4/c1-13-8-9-16-22(2,3)10-7-11-23(16,4)17-14-12-15(26-5)21(27-6)18(24-25)20(14)28-19(13)17/h12-13,16,25H,7-11H2,1-6H3. The molecule has 1 aromatic heterocycles. The molecule has 3 atom stereocenters. The molecule has 4 rings (SSSR count). The second kappa shape index (κ2) is 6.72. The number of hydrogen-bond acceptors (Lipinski definition) is 4. The van der Waals surface area contributed by atoms with Gasteiger partial charge in [-0.3, -0.25) is 0 Å². The van der Waals surface area contributed by atoms with Gasteiger partial charge in [0.2, 0.25) is 0 Å². The van der Waals surface area contributed by atoms with Crippen LogP contribution in [0, 0.1) is 11.3 Å². The largest absolute Gasteiger partial charge is 0.493 e. The van der Waals surface area contributed by atoms with Crippen LogP contribution in [0.5, 0.6) is 11.5 Å². The number of rotatable bonds is 3. The van der Waals surface area contributed by atoms with E-state index in [4.69, 9.17) is 13.9 Å². The van der Waals surface area contributed by atoms with Crippen molar-refractivity contribution >= 4 is 23.9 Å². The number of fused-ring (bicyclic) bond motifs is 5. The van der Waals surface area contributed by atoms with Gasteiger partial charge in [-0.1, -0.05) is 34.1 Å². The van der Waals surface area contributed by atoms with Crippen LogP contribution in [0.2, 0.25) is 0 Å². The van der Waals surface area contributed by atoms with E-state index in [1.807, 2.05) is 6.07 Å². The van der Waals surface area contributed by atoms with Crippen LogP contribution in [0.1, 0.15) is 77.0 Å². The second-order valence-electron chi connectivity index (χ2n) is 9.66. The number of ether oxygens (including phenoxy) is 2. The molecule has 2 aliphatic carbocycles. The Morgan fingerprint density at radius 2 is 1.89 bits per heavy atom. The lowest BCUT2D eigenvalue weighted by Crippen LogP contribution is -2.44. The van der Waals surface area contributed by atoms with Gasteiger partial charge in [0.1, 0.15) is 11.3 Å². The minimum Gasteiger partial charge on any atom is -0.493 e. The molecule has 0 spiro atoms. The summed E-state index contributed by atoms with van der Waals surface area (Å²) in [6, 6.07) is 2.05. The molecule has 1 N–H and O–H groups in total. The Morgan fingerprint density at radius 1 is 1.14 bits per heavy atom. The predicted octanol–water partition coefficient (Wildman–Crippen LogP) is 4.67. The summed E-state index contributed by atoms with van der Waals surface area (Å²) in [7, 11) is 4.32. The van der Waals surface area contributed by atoms with Crippen molar-refractivity contribution in [3.8, 4) is 11.5 Å². The molecular weight excluding hydrogens is 351 g/mol. The van der Waals surface area contributed by atoms with Crippen LogP contribution in [0.25, 0.3) is 11.0 Å². The van der Waals surface area contributed by atoms with Crippen LogP contribution in [-0.4, -0.2) is 26.7 Å². The third-order valence-corrected chi connectivity index (χ3v) is 7.65. The lowest BCUT2D eigenvalue weighted by atomic mass is 9.53. The first kappa shape index (κ1) is 19.7. The zero-order valence-electron chi connectivity index (χ0n) is 18.0. The molecule has 2 aliphatic rings. The first-order chi connectivity index (χ1) is 13.3. The minimum atomic E-state index is 0.0550. The summed E-state index contributed by atoms with van der Waals surface area (Å²) in [6.45, 7) is 9.57. The van der Waals surface area contributed by atoms with E-state index < -0.39 is 0 Å². The normalized spacial score (nSPS) is 29.0. The Hall–Kier alpha value is -1.62. The van der Waals surface area contributed by atoms with E-state index in [2.05, 4.69) is 27.7 Å².